The van der Waals surface area contributed by atoms with Crippen LogP contribution in [0.4, 0.5) is 0 Å². The van der Waals surface area contributed by atoms with Gasteiger partial charge in [-0.25, -0.2) is 4.98 Å². The Bertz CT molecular complexity index is 939. The van der Waals surface area contributed by atoms with Gasteiger partial charge in [-0.05, 0) is 54.1 Å². The van der Waals surface area contributed by atoms with E-state index in [4.69, 9.17) is 14.2 Å². The maximum Gasteiger partial charge on any atom is 0.257 e. The average molecular weight is 443 g/mol. The number of aromatic nitrogens is 1. The van der Waals surface area contributed by atoms with E-state index in [1.807, 2.05) is 24.3 Å². The van der Waals surface area contributed by atoms with Gasteiger partial charge < -0.3 is 19.5 Å². The number of amides is 1. The fraction of sp³-hybridized carbons (Fsp3) is 0.143. The summed E-state index contributed by atoms with van der Waals surface area (Å²) < 4.78 is 17.2. The molecular weight excluding hydrogens is 424 g/mol. The molecule has 0 fully saturated rings. The molecule has 0 saturated carbocycles. The summed E-state index contributed by atoms with van der Waals surface area (Å²) in [7, 11) is 3.16. The molecule has 0 aliphatic heterocycles. The monoisotopic (exact) mass is 442 g/mol. The number of hydrogen-bond acceptors (Lipinski definition) is 5. The lowest BCUT2D eigenvalue weighted by molar-refractivity contribution is 0.0948. The lowest BCUT2D eigenvalue weighted by atomic mass is 10.2. The van der Waals surface area contributed by atoms with Crippen molar-refractivity contribution in [3.8, 4) is 23.1 Å². The van der Waals surface area contributed by atoms with Gasteiger partial charge in [-0.1, -0.05) is 15.9 Å². The zero-order chi connectivity index (χ0) is 19.9. The van der Waals surface area contributed by atoms with Crippen LogP contribution in [-0.4, -0.2) is 25.1 Å². The molecule has 6 nitrogen and oxygen atoms in total. The van der Waals surface area contributed by atoms with E-state index in [1.165, 1.54) is 0 Å². The number of rotatable bonds is 7. The Morgan fingerprint density at radius 3 is 2.32 bits per heavy atom. The first-order chi connectivity index (χ1) is 13.6. The van der Waals surface area contributed by atoms with E-state index in [9.17, 15) is 4.79 Å². The number of benzene rings is 2. The largest absolute Gasteiger partial charge is 0.497 e. The molecule has 144 valence electrons. The van der Waals surface area contributed by atoms with Crippen molar-refractivity contribution in [2.24, 2.45) is 0 Å². The van der Waals surface area contributed by atoms with Gasteiger partial charge in [0, 0.05) is 23.3 Å². The molecule has 0 aliphatic carbocycles. The molecular formula is C21H19BrN2O4. The second-order valence-corrected chi connectivity index (χ2v) is 6.73. The Morgan fingerprint density at radius 2 is 1.68 bits per heavy atom. The molecule has 1 heterocycles. The van der Waals surface area contributed by atoms with Crippen molar-refractivity contribution in [2.45, 2.75) is 6.54 Å². The first kappa shape index (κ1) is 19.7. The van der Waals surface area contributed by atoms with E-state index in [0.717, 1.165) is 10.0 Å². The Morgan fingerprint density at radius 1 is 1.00 bits per heavy atom. The van der Waals surface area contributed by atoms with Crippen LogP contribution in [-0.2, 0) is 6.54 Å². The molecule has 0 unspecified atom stereocenters. The lowest BCUT2D eigenvalue weighted by Crippen LogP contribution is -2.23. The molecule has 0 spiro atoms. The first-order valence-corrected chi connectivity index (χ1v) is 9.27. The van der Waals surface area contributed by atoms with Crippen molar-refractivity contribution in [3.05, 3.63) is 76.4 Å². The van der Waals surface area contributed by atoms with Crippen molar-refractivity contribution in [3.63, 3.8) is 0 Å². The van der Waals surface area contributed by atoms with Crippen LogP contribution < -0.4 is 19.5 Å². The number of nitrogens with one attached hydrogen (secondary N) is 1. The molecule has 0 radical (unpaired) electrons. The van der Waals surface area contributed by atoms with E-state index in [-0.39, 0.29) is 11.8 Å². The molecule has 28 heavy (non-hydrogen) atoms. The fourth-order valence-electron chi connectivity index (χ4n) is 2.51. The predicted octanol–water partition coefficient (Wildman–Crippen LogP) is 4.58. The van der Waals surface area contributed by atoms with Crippen LogP contribution in [0.25, 0.3) is 0 Å². The number of nitrogens with zero attached hydrogens (tertiary/aromatic N) is 1. The summed E-state index contributed by atoms with van der Waals surface area (Å²) in [6.07, 6.45) is 1.58. The maximum absolute atomic E-state index is 12.7. The fourth-order valence-corrected chi connectivity index (χ4v) is 2.77. The molecule has 1 N–H and O–H groups in total. The van der Waals surface area contributed by atoms with E-state index in [2.05, 4.69) is 26.2 Å². The normalized spacial score (nSPS) is 10.2. The third-order valence-electron chi connectivity index (χ3n) is 3.91. The summed E-state index contributed by atoms with van der Waals surface area (Å²) in [5.74, 6) is 1.86. The van der Waals surface area contributed by atoms with Gasteiger partial charge in [0.2, 0.25) is 5.88 Å². The second kappa shape index (κ2) is 9.23. The van der Waals surface area contributed by atoms with Crippen LogP contribution in [0.3, 0.4) is 0 Å². The van der Waals surface area contributed by atoms with Gasteiger partial charge in [0.15, 0.2) is 0 Å². The minimum atomic E-state index is -0.290. The lowest BCUT2D eigenvalue weighted by Gasteiger charge is -2.12. The molecule has 7 heteroatoms. The van der Waals surface area contributed by atoms with Gasteiger partial charge in [-0.15, -0.1) is 0 Å². The smallest absolute Gasteiger partial charge is 0.257 e. The summed E-state index contributed by atoms with van der Waals surface area (Å²) in [4.78, 5) is 16.9. The molecule has 1 amide bonds. The van der Waals surface area contributed by atoms with Gasteiger partial charge in [0.25, 0.3) is 5.91 Å². The van der Waals surface area contributed by atoms with Crippen molar-refractivity contribution in [1.29, 1.82) is 0 Å². The number of carbonyl (C=O) groups excluding carboxylic acids is 1. The Hall–Kier alpha value is -3.06. The van der Waals surface area contributed by atoms with Crippen LogP contribution >= 0.6 is 15.9 Å². The number of halogens is 1. The molecule has 0 aliphatic rings. The number of ether oxygens (including phenoxy) is 3. The van der Waals surface area contributed by atoms with Gasteiger partial charge in [0.05, 0.1) is 14.2 Å². The molecule has 1 aromatic heterocycles. The summed E-state index contributed by atoms with van der Waals surface area (Å²) in [5, 5.41) is 2.88. The number of pyridine rings is 1. The van der Waals surface area contributed by atoms with Gasteiger partial charge in [0.1, 0.15) is 22.8 Å². The number of hydrogen-bond donors (Lipinski definition) is 1. The van der Waals surface area contributed by atoms with E-state index in [0.29, 0.717) is 29.4 Å². The summed E-state index contributed by atoms with van der Waals surface area (Å²) >= 11 is 3.38. The molecule has 0 saturated heterocycles. The highest BCUT2D eigenvalue weighted by Gasteiger charge is 2.14. The molecule has 0 bridgehead atoms. The first-order valence-electron chi connectivity index (χ1n) is 8.47. The highest BCUT2D eigenvalue weighted by Crippen LogP contribution is 2.25. The van der Waals surface area contributed by atoms with Crippen molar-refractivity contribution in [1.82, 2.24) is 10.3 Å². The summed E-state index contributed by atoms with van der Waals surface area (Å²) in [5.41, 5.74) is 1.20. The Kier molecular flexibility index (Phi) is 6.49. The zero-order valence-electron chi connectivity index (χ0n) is 15.4. The number of methoxy groups -OCH3 is 2. The van der Waals surface area contributed by atoms with Crippen molar-refractivity contribution >= 4 is 21.8 Å². The number of carbonyl (C=O) groups is 1. The molecule has 0 atom stereocenters. The molecule has 3 aromatic rings. The molecule has 3 rings (SSSR count). The quantitative estimate of drug-likeness (QED) is 0.579. The van der Waals surface area contributed by atoms with E-state index < -0.39 is 0 Å². The zero-order valence-corrected chi connectivity index (χ0v) is 17.0. The molecule has 2 aromatic carbocycles. The average Bonchev–Trinajstić information content (AvgIpc) is 2.73. The van der Waals surface area contributed by atoms with Crippen LogP contribution in [0.1, 0.15) is 15.9 Å². The highest BCUT2D eigenvalue weighted by atomic mass is 79.9. The van der Waals surface area contributed by atoms with Gasteiger partial charge >= 0.3 is 0 Å². The predicted molar refractivity (Wildman–Crippen MR) is 109 cm³/mol. The second-order valence-electron chi connectivity index (χ2n) is 5.82. The van der Waals surface area contributed by atoms with Crippen LogP contribution in [0.2, 0.25) is 0 Å². The summed E-state index contributed by atoms with van der Waals surface area (Å²) in [6.45, 7) is 0.305. The van der Waals surface area contributed by atoms with Crippen molar-refractivity contribution < 1.29 is 19.0 Å². The van der Waals surface area contributed by atoms with Crippen LogP contribution in [0.15, 0.2) is 65.3 Å². The Labute approximate surface area is 171 Å². The third-order valence-corrected chi connectivity index (χ3v) is 4.44. The minimum Gasteiger partial charge on any atom is -0.497 e. The third kappa shape index (κ3) is 5.01. The minimum absolute atomic E-state index is 0.241. The highest BCUT2D eigenvalue weighted by molar-refractivity contribution is 9.10. The van der Waals surface area contributed by atoms with E-state index >= 15 is 0 Å². The maximum atomic E-state index is 12.7. The van der Waals surface area contributed by atoms with Gasteiger partial charge in [-0.2, -0.15) is 0 Å². The van der Waals surface area contributed by atoms with Crippen LogP contribution in [0, 0.1) is 0 Å². The van der Waals surface area contributed by atoms with Crippen LogP contribution in [0.5, 0.6) is 23.1 Å². The van der Waals surface area contributed by atoms with E-state index in [1.54, 1.807) is 50.7 Å². The SMILES string of the molecule is COc1cc(CNC(=O)c2cccnc2Oc2ccc(Br)cc2)cc(OC)c1. The van der Waals surface area contributed by atoms with Gasteiger partial charge in [-0.3, -0.25) is 4.79 Å². The Balaban J connectivity index is 1.74. The summed E-state index contributed by atoms with van der Waals surface area (Å²) in [6, 6.07) is 16.1. The standard InChI is InChI=1S/C21H19BrN2O4/c1-26-17-10-14(11-18(12-17)27-2)13-24-20(25)19-4-3-9-23-21(19)28-16-7-5-15(22)6-8-16/h3-12H,13H2,1-2H3,(H,24,25). The topological polar surface area (TPSA) is 69.7 Å². The van der Waals surface area contributed by atoms with Crippen molar-refractivity contribution in [2.75, 3.05) is 14.2 Å².